The Balaban J connectivity index is 0.000000521. The maximum Gasteiger partial charge on any atom is 0.352 e. The Labute approximate surface area is 298 Å². The molecule has 0 unspecified atom stereocenters. The number of rotatable bonds is 13. The minimum absolute atomic E-state index is 0.161. The molecule has 3 aromatic rings. The maximum absolute atomic E-state index is 12.3. The Hall–Kier alpha value is -3.16. The first-order chi connectivity index (χ1) is 22.2. The van der Waals surface area contributed by atoms with Crippen molar-refractivity contribution >= 4 is 110 Å². The number of alkyl halides is 4. The zero-order chi connectivity index (χ0) is 33.9. The third-order valence-electron chi connectivity index (χ3n) is 5.88. The third-order valence-corrected chi connectivity index (χ3v) is 6.86. The van der Waals surface area contributed by atoms with Gasteiger partial charge in [-0.15, -0.1) is 51.4 Å². The van der Waals surface area contributed by atoms with Crippen LogP contribution >= 0.6 is 70.8 Å². The number of amides is 4. The molecule has 2 aromatic carbocycles. The molecule has 0 aliphatic rings. The van der Waals surface area contributed by atoms with Gasteiger partial charge in [0.1, 0.15) is 11.5 Å². The maximum atomic E-state index is 12.3. The van der Waals surface area contributed by atoms with Crippen molar-refractivity contribution in [3.8, 4) is 23.0 Å². The van der Waals surface area contributed by atoms with E-state index in [-0.39, 0.29) is 11.1 Å². The van der Waals surface area contributed by atoms with E-state index in [9.17, 15) is 9.59 Å². The summed E-state index contributed by atoms with van der Waals surface area (Å²) in [5.74, 6) is 3.72. The van der Waals surface area contributed by atoms with Crippen molar-refractivity contribution in [2.75, 3.05) is 69.2 Å². The molecule has 17 heteroatoms. The van der Waals surface area contributed by atoms with Crippen LogP contribution in [0, 0.1) is 0 Å². The van der Waals surface area contributed by atoms with Crippen molar-refractivity contribution in [2.45, 2.75) is 0 Å². The van der Waals surface area contributed by atoms with E-state index in [0.717, 1.165) is 5.39 Å². The van der Waals surface area contributed by atoms with Crippen LogP contribution in [0.25, 0.3) is 10.9 Å². The number of benzene rings is 2. The fourth-order valence-corrected chi connectivity index (χ4v) is 4.84. The van der Waals surface area contributed by atoms with E-state index in [1.54, 1.807) is 56.8 Å². The van der Waals surface area contributed by atoms with Crippen molar-refractivity contribution in [2.24, 2.45) is 4.99 Å². The number of halogens is 4. The predicted octanol–water partition coefficient (Wildman–Crippen LogP) is 7.22. The lowest BCUT2D eigenvalue weighted by molar-refractivity contribution is 0.209. The number of anilines is 1. The topological polar surface area (TPSA) is 118 Å². The molecule has 46 heavy (non-hydrogen) atoms. The molecule has 3 rings (SSSR count). The number of nitrogens with one attached hydrogen (secondary N) is 2. The van der Waals surface area contributed by atoms with E-state index < -0.39 is 6.03 Å². The molecule has 11 nitrogen and oxygen atoms in total. The molecular formula is C29H32Cl4N6O5S2. The quantitative estimate of drug-likeness (QED) is 0.106. The minimum atomic E-state index is -0.439. The number of aromatic nitrogens is 1. The third kappa shape index (κ3) is 12.6. The molecule has 0 saturated heterocycles. The summed E-state index contributed by atoms with van der Waals surface area (Å²) in [6.45, 7) is 1.59. The number of methoxy groups -OCH3 is 2. The van der Waals surface area contributed by atoms with Crippen molar-refractivity contribution in [1.29, 1.82) is 0 Å². The first-order valence-corrected chi connectivity index (χ1v) is 16.5. The molecule has 1 aromatic heterocycles. The summed E-state index contributed by atoms with van der Waals surface area (Å²) in [6.07, 6.45) is 1.67. The minimum Gasteiger partial charge on any atom is -0.493 e. The van der Waals surface area contributed by atoms with Gasteiger partial charge in [0.15, 0.2) is 16.6 Å². The molecule has 0 aliphatic heterocycles. The number of carbonyl (C=O) groups is 2. The molecule has 4 amide bonds. The standard InChI is InChI=1S/C23H24Cl2N4O4S.C6H8Cl2N2OS/c1-31-20-13-17-18(14-21(20)32-2)26-10-7-19(17)33-16-5-3-15(4-6-16)27-22(34)28-23(30)29(11-8-24)12-9-25;7-1-3-10(4-2-8)6(11)9-5-12/h3-7,10,13-14H,8-9,11-12H2,1-2H3,(H2,27,28,30,34);1-4H2. The first kappa shape index (κ1) is 39.0. The molecular weight excluding hydrogens is 718 g/mol. The number of isothiocyanates is 1. The number of fused-ring (bicyclic) bond motifs is 1. The van der Waals surface area contributed by atoms with E-state index in [1.165, 1.54) is 9.80 Å². The number of thiocarbonyl (C=S) groups is 2. The van der Waals surface area contributed by atoms with Crippen molar-refractivity contribution in [3.05, 3.63) is 48.7 Å². The molecule has 248 valence electrons. The zero-order valence-corrected chi connectivity index (χ0v) is 29.6. The highest BCUT2D eigenvalue weighted by atomic mass is 35.5. The Morgan fingerprint density at radius 3 is 1.98 bits per heavy atom. The highest BCUT2D eigenvalue weighted by Crippen LogP contribution is 2.37. The van der Waals surface area contributed by atoms with Crippen LogP contribution in [0.1, 0.15) is 0 Å². The van der Waals surface area contributed by atoms with Crippen molar-refractivity contribution in [1.82, 2.24) is 20.1 Å². The van der Waals surface area contributed by atoms with Crippen LogP contribution in [0.4, 0.5) is 15.3 Å². The van der Waals surface area contributed by atoms with E-state index in [4.69, 9.17) is 72.8 Å². The molecule has 0 aliphatic carbocycles. The average molecular weight is 751 g/mol. The second kappa shape index (κ2) is 21.6. The second-order valence-electron chi connectivity index (χ2n) is 8.76. The van der Waals surface area contributed by atoms with Crippen molar-refractivity contribution < 1.29 is 23.8 Å². The normalized spacial score (nSPS) is 10.0. The van der Waals surface area contributed by atoms with Gasteiger partial charge >= 0.3 is 12.1 Å². The molecule has 2 N–H and O–H groups in total. The predicted molar refractivity (Wildman–Crippen MR) is 193 cm³/mol. The van der Waals surface area contributed by atoms with E-state index in [1.807, 2.05) is 11.2 Å². The van der Waals surface area contributed by atoms with Crippen LogP contribution < -0.4 is 24.8 Å². The van der Waals surface area contributed by atoms with Crippen LogP contribution in [-0.2, 0) is 0 Å². The van der Waals surface area contributed by atoms with Crippen LogP contribution in [0.15, 0.2) is 53.7 Å². The van der Waals surface area contributed by atoms with Crippen LogP contribution in [0.3, 0.4) is 0 Å². The number of hydrogen-bond donors (Lipinski definition) is 2. The van der Waals surface area contributed by atoms with Gasteiger partial charge in [-0.2, -0.15) is 0 Å². The number of hydrogen-bond acceptors (Lipinski definition) is 8. The van der Waals surface area contributed by atoms with Gasteiger partial charge in [-0.25, -0.2) is 9.59 Å². The number of nitrogens with zero attached hydrogens (tertiary/aromatic N) is 4. The summed E-state index contributed by atoms with van der Waals surface area (Å²) in [5, 5.41) is 8.53. The zero-order valence-electron chi connectivity index (χ0n) is 24.9. The molecule has 0 spiro atoms. The highest BCUT2D eigenvalue weighted by Gasteiger charge is 2.15. The Morgan fingerprint density at radius 2 is 1.43 bits per heavy atom. The summed E-state index contributed by atoms with van der Waals surface area (Å²) in [7, 11) is 3.15. The summed E-state index contributed by atoms with van der Waals surface area (Å²) >= 11 is 31.9. The monoisotopic (exact) mass is 748 g/mol. The van der Waals surface area contributed by atoms with Gasteiger partial charge in [-0.3, -0.25) is 10.3 Å². The van der Waals surface area contributed by atoms with Crippen molar-refractivity contribution in [3.63, 3.8) is 0 Å². The lowest BCUT2D eigenvalue weighted by Crippen LogP contribution is -2.45. The van der Waals surface area contributed by atoms with E-state index in [2.05, 4.69) is 32.8 Å². The summed E-state index contributed by atoms with van der Waals surface area (Å²) in [4.78, 5) is 33.9. The number of urea groups is 2. The van der Waals surface area contributed by atoms with Crippen LogP contribution in [0.5, 0.6) is 23.0 Å². The van der Waals surface area contributed by atoms with Gasteiger partial charge in [-0.1, -0.05) is 0 Å². The molecule has 0 bridgehead atoms. The fraction of sp³-hybridized carbons (Fsp3) is 0.345. The lowest BCUT2D eigenvalue weighted by Gasteiger charge is -2.21. The average Bonchev–Trinajstić information content (AvgIpc) is 3.05. The van der Waals surface area contributed by atoms with Gasteiger partial charge in [0.2, 0.25) is 0 Å². The molecule has 0 saturated carbocycles. The van der Waals surface area contributed by atoms with Gasteiger partial charge in [0, 0.05) is 73.0 Å². The van der Waals surface area contributed by atoms with Crippen LogP contribution in [-0.4, -0.2) is 101 Å². The van der Waals surface area contributed by atoms with Gasteiger partial charge in [0.25, 0.3) is 0 Å². The summed E-state index contributed by atoms with van der Waals surface area (Å²) in [5.41, 5.74) is 1.40. The summed E-state index contributed by atoms with van der Waals surface area (Å²) in [6, 6.07) is 11.7. The number of pyridine rings is 1. The molecule has 0 atom stereocenters. The van der Waals surface area contributed by atoms with Crippen LogP contribution in [0.2, 0.25) is 0 Å². The fourth-order valence-electron chi connectivity index (χ4n) is 3.74. The van der Waals surface area contributed by atoms with E-state index >= 15 is 0 Å². The SMILES string of the molecule is COc1cc2nccc(Oc3ccc(NC(=S)NC(=O)N(CCCl)CCCl)cc3)c2cc1OC.O=C(N=C=S)N(CCCl)CCCl. The summed E-state index contributed by atoms with van der Waals surface area (Å²) < 4.78 is 16.8. The molecule has 0 fully saturated rings. The second-order valence-corrected chi connectivity index (χ2v) is 10.9. The smallest absolute Gasteiger partial charge is 0.352 e. The Bertz CT molecular complexity index is 1490. The van der Waals surface area contributed by atoms with Gasteiger partial charge in [-0.05, 0) is 60.8 Å². The lowest BCUT2D eigenvalue weighted by atomic mass is 10.2. The number of aliphatic imine (C=N–C) groups is 1. The highest BCUT2D eigenvalue weighted by molar-refractivity contribution is 7.80. The Kier molecular flexibility index (Phi) is 18.3. The van der Waals surface area contributed by atoms with E-state index in [0.29, 0.717) is 83.9 Å². The number of carbonyl (C=O) groups excluding carboxylic acids is 2. The molecule has 0 radical (unpaired) electrons. The molecule has 1 heterocycles. The van der Waals surface area contributed by atoms with Gasteiger partial charge < -0.3 is 29.3 Å². The largest absolute Gasteiger partial charge is 0.493 e. The number of ether oxygens (including phenoxy) is 3. The first-order valence-electron chi connectivity index (χ1n) is 13.5. The van der Waals surface area contributed by atoms with Gasteiger partial charge in [0.05, 0.1) is 24.9 Å². The Morgan fingerprint density at radius 1 is 0.870 bits per heavy atom.